The highest BCUT2D eigenvalue weighted by molar-refractivity contribution is 5.92. The summed E-state index contributed by atoms with van der Waals surface area (Å²) in [7, 11) is 0. The molecule has 6 heteroatoms. The predicted octanol–water partition coefficient (Wildman–Crippen LogP) is 2.62. The van der Waals surface area contributed by atoms with Gasteiger partial charge in [0.25, 0.3) is 5.91 Å². The third kappa shape index (κ3) is 3.31. The van der Waals surface area contributed by atoms with E-state index in [1.165, 1.54) is 12.8 Å². The lowest BCUT2D eigenvalue weighted by molar-refractivity contribution is -0.149. The first kappa shape index (κ1) is 16.5. The Morgan fingerprint density at radius 1 is 1.36 bits per heavy atom. The Bertz CT molecular complexity index is 528. The number of hydrogen-bond donors (Lipinski definition) is 2. The van der Waals surface area contributed by atoms with Crippen molar-refractivity contribution in [1.82, 2.24) is 15.1 Å². The van der Waals surface area contributed by atoms with E-state index < -0.39 is 11.4 Å². The quantitative estimate of drug-likeness (QED) is 0.811. The molecule has 0 atom stereocenters. The highest BCUT2D eigenvalue weighted by atomic mass is 16.4. The number of carboxylic acids is 1. The van der Waals surface area contributed by atoms with Crippen LogP contribution < -0.4 is 5.32 Å². The summed E-state index contributed by atoms with van der Waals surface area (Å²) < 4.78 is 1.87. The van der Waals surface area contributed by atoms with E-state index in [1.807, 2.05) is 24.7 Å². The Labute approximate surface area is 130 Å². The maximum absolute atomic E-state index is 12.2. The number of aliphatic carboxylic acids is 1. The molecule has 1 heterocycles. The van der Waals surface area contributed by atoms with Gasteiger partial charge in [-0.3, -0.25) is 14.3 Å². The summed E-state index contributed by atoms with van der Waals surface area (Å²) in [5.74, 6) is -1.17. The second-order valence-electron chi connectivity index (χ2n) is 6.09. The Kier molecular flexibility index (Phi) is 5.21. The van der Waals surface area contributed by atoms with Crippen LogP contribution in [-0.4, -0.2) is 33.3 Å². The van der Waals surface area contributed by atoms with Crippen LogP contribution in [-0.2, 0) is 4.79 Å². The maximum Gasteiger partial charge on any atom is 0.311 e. The van der Waals surface area contributed by atoms with Gasteiger partial charge >= 0.3 is 5.97 Å². The highest BCUT2D eigenvalue weighted by Gasteiger charge is 2.35. The van der Waals surface area contributed by atoms with Crippen LogP contribution in [0.5, 0.6) is 0 Å². The van der Waals surface area contributed by atoms with Gasteiger partial charge in [-0.15, -0.1) is 0 Å². The Balaban J connectivity index is 1.98. The summed E-state index contributed by atoms with van der Waals surface area (Å²) in [6.45, 7) is 3.79. The Hall–Kier alpha value is -1.85. The van der Waals surface area contributed by atoms with Crippen molar-refractivity contribution in [2.45, 2.75) is 58.4 Å². The molecule has 122 valence electrons. The SMILES string of the molecule is CCC(CC)(CNC(=O)c1ccn(C2CCCC2)n1)C(=O)O. The second-order valence-corrected chi connectivity index (χ2v) is 6.09. The number of aromatic nitrogens is 2. The third-order valence-corrected chi connectivity index (χ3v) is 4.93. The number of hydrogen-bond acceptors (Lipinski definition) is 3. The molecule has 0 saturated heterocycles. The number of carbonyl (C=O) groups excluding carboxylic acids is 1. The van der Waals surface area contributed by atoms with Gasteiger partial charge in [-0.2, -0.15) is 5.10 Å². The molecule has 0 aromatic carbocycles. The van der Waals surface area contributed by atoms with Crippen molar-refractivity contribution in [2.24, 2.45) is 5.41 Å². The van der Waals surface area contributed by atoms with Crippen LogP contribution in [0.1, 0.15) is 68.9 Å². The second kappa shape index (κ2) is 6.94. The van der Waals surface area contributed by atoms with Crippen LogP contribution >= 0.6 is 0 Å². The van der Waals surface area contributed by atoms with E-state index in [9.17, 15) is 14.7 Å². The first-order valence-corrected chi connectivity index (χ1v) is 8.09. The van der Waals surface area contributed by atoms with E-state index in [2.05, 4.69) is 10.4 Å². The lowest BCUT2D eigenvalue weighted by atomic mass is 9.82. The number of rotatable bonds is 7. The molecule has 0 bridgehead atoms. The Morgan fingerprint density at radius 3 is 2.55 bits per heavy atom. The van der Waals surface area contributed by atoms with Gasteiger partial charge in [-0.1, -0.05) is 26.7 Å². The fraction of sp³-hybridized carbons (Fsp3) is 0.688. The van der Waals surface area contributed by atoms with Gasteiger partial charge in [-0.25, -0.2) is 0 Å². The number of amides is 1. The number of nitrogens with one attached hydrogen (secondary N) is 1. The van der Waals surface area contributed by atoms with E-state index >= 15 is 0 Å². The zero-order chi connectivity index (χ0) is 16.2. The number of carboxylic acid groups (broad SMARTS) is 1. The molecule has 1 aliphatic rings. The fourth-order valence-corrected chi connectivity index (χ4v) is 3.05. The van der Waals surface area contributed by atoms with E-state index in [1.54, 1.807) is 6.07 Å². The van der Waals surface area contributed by atoms with E-state index in [0.717, 1.165) is 12.8 Å². The number of nitrogens with zero attached hydrogens (tertiary/aromatic N) is 2. The van der Waals surface area contributed by atoms with Crippen LogP contribution in [0.25, 0.3) is 0 Å². The minimum Gasteiger partial charge on any atom is -0.481 e. The van der Waals surface area contributed by atoms with E-state index in [0.29, 0.717) is 24.6 Å². The third-order valence-electron chi connectivity index (χ3n) is 4.93. The van der Waals surface area contributed by atoms with Gasteiger partial charge in [0.2, 0.25) is 0 Å². The lowest BCUT2D eigenvalue weighted by Crippen LogP contribution is -2.42. The number of carbonyl (C=O) groups is 2. The van der Waals surface area contributed by atoms with Crippen LogP contribution in [0, 0.1) is 5.41 Å². The largest absolute Gasteiger partial charge is 0.481 e. The fourth-order valence-electron chi connectivity index (χ4n) is 3.05. The smallest absolute Gasteiger partial charge is 0.311 e. The van der Waals surface area contributed by atoms with Gasteiger partial charge in [0.15, 0.2) is 0 Å². The summed E-state index contributed by atoms with van der Waals surface area (Å²) in [6.07, 6.45) is 7.44. The van der Waals surface area contributed by atoms with Crippen molar-refractivity contribution >= 4 is 11.9 Å². The molecule has 2 N–H and O–H groups in total. The molecule has 1 fully saturated rings. The molecule has 1 aromatic heterocycles. The predicted molar refractivity (Wildman–Crippen MR) is 82.7 cm³/mol. The molecule has 1 aromatic rings. The molecule has 22 heavy (non-hydrogen) atoms. The minimum absolute atomic E-state index is 0.129. The van der Waals surface area contributed by atoms with Crippen molar-refractivity contribution < 1.29 is 14.7 Å². The van der Waals surface area contributed by atoms with Crippen LogP contribution in [0.3, 0.4) is 0 Å². The first-order valence-electron chi connectivity index (χ1n) is 8.09. The van der Waals surface area contributed by atoms with Gasteiger partial charge in [0.05, 0.1) is 11.5 Å². The molecule has 2 rings (SSSR count). The van der Waals surface area contributed by atoms with E-state index in [-0.39, 0.29) is 12.5 Å². The molecule has 0 unspecified atom stereocenters. The molecule has 1 aliphatic carbocycles. The maximum atomic E-state index is 12.2. The van der Waals surface area contributed by atoms with Crippen LogP contribution in [0.2, 0.25) is 0 Å². The zero-order valence-electron chi connectivity index (χ0n) is 13.3. The summed E-state index contributed by atoms with van der Waals surface area (Å²) in [5, 5.41) is 16.5. The van der Waals surface area contributed by atoms with Crippen molar-refractivity contribution in [2.75, 3.05) is 6.54 Å². The average Bonchev–Trinajstić information content (AvgIpc) is 3.19. The van der Waals surface area contributed by atoms with Crippen molar-refractivity contribution in [3.05, 3.63) is 18.0 Å². The molecule has 0 aliphatic heterocycles. The lowest BCUT2D eigenvalue weighted by Gasteiger charge is -2.26. The molecular formula is C16H25N3O3. The topological polar surface area (TPSA) is 84.2 Å². The van der Waals surface area contributed by atoms with Crippen molar-refractivity contribution in [3.63, 3.8) is 0 Å². The van der Waals surface area contributed by atoms with Crippen molar-refractivity contribution in [3.8, 4) is 0 Å². The summed E-state index contributed by atoms with van der Waals surface area (Å²) in [6, 6.07) is 2.10. The van der Waals surface area contributed by atoms with Crippen LogP contribution in [0.15, 0.2) is 12.3 Å². The van der Waals surface area contributed by atoms with Gasteiger partial charge in [0, 0.05) is 12.7 Å². The standard InChI is InChI=1S/C16H25N3O3/c1-3-16(4-2,15(21)22)11-17-14(20)13-9-10-19(18-13)12-7-5-6-8-12/h9-10,12H,3-8,11H2,1-2H3,(H,17,20)(H,21,22). The molecule has 0 radical (unpaired) electrons. The average molecular weight is 307 g/mol. The monoisotopic (exact) mass is 307 g/mol. The highest BCUT2D eigenvalue weighted by Crippen LogP contribution is 2.29. The molecule has 6 nitrogen and oxygen atoms in total. The summed E-state index contributed by atoms with van der Waals surface area (Å²) >= 11 is 0. The normalized spacial score (nSPS) is 15.9. The van der Waals surface area contributed by atoms with Gasteiger partial charge in [-0.05, 0) is 31.7 Å². The van der Waals surface area contributed by atoms with E-state index in [4.69, 9.17) is 0 Å². The van der Waals surface area contributed by atoms with Crippen LogP contribution in [0.4, 0.5) is 0 Å². The van der Waals surface area contributed by atoms with Gasteiger partial charge in [0.1, 0.15) is 5.69 Å². The Morgan fingerprint density at radius 2 is 2.00 bits per heavy atom. The molecule has 1 saturated carbocycles. The van der Waals surface area contributed by atoms with Crippen molar-refractivity contribution in [1.29, 1.82) is 0 Å². The minimum atomic E-state index is -0.899. The summed E-state index contributed by atoms with van der Waals surface area (Å²) in [4.78, 5) is 23.6. The molecule has 0 spiro atoms. The molecule has 1 amide bonds. The summed E-state index contributed by atoms with van der Waals surface area (Å²) in [5.41, 5.74) is -0.540. The molecular weight excluding hydrogens is 282 g/mol. The first-order chi connectivity index (χ1) is 10.5. The zero-order valence-corrected chi connectivity index (χ0v) is 13.3. The van der Waals surface area contributed by atoms with Gasteiger partial charge < -0.3 is 10.4 Å².